The third-order valence-electron chi connectivity index (χ3n) is 5.28. The summed E-state index contributed by atoms with van der Waals surface area (Å²) in [6.07, 6.45) is 7.14. The summed E-state index contributed by atoms with van der Waals surface area (Å²) in [5.41, 5.74) is 5.75. The fourth-order valence-electron chi connectivity index (χ4n) is 3.71. The van der Waals surface area contributed by atoms with Crippen LogP contribution in [-0.2, 0) is 6.54 Å². The van der Waals surface area contributed by atoms with Gasteiger partial charge in [0, 0.05) is 48.4 Å². The number of nitrogens with zero attached hydrogens (tertiary/aromatic N) is 3. The van der Waals surface area contributed by atoms with Crippen molar-refractivity contribution in [3.63, 3.8) is 0 Å². The SMILES string of the molecule is CCC/C=C1/c2ccnc(NC)c2CN1C(C)c1cnc(OCC(C)F)c(C)c1. The first kappa shape index (κ1) is 21.1. The standard InChI is InChI=1S/C23H31FN4O/c1-6-7-8-21-19-9-10-26-22(25-5)20(19)13-28(21)17(4)18-11-15(2)23(27-12-18)29-14-16(3)24/h8-12,16-17H,6-7,13-14H2,1-5H3,(H,25,26)/b21-8-. The van der Waals surface area contributed by atoms with Crippen LogP contribution < -0.4 is 10.1 Å². The first-order chi connectivity index (χ1) is 14.0. The van der Waals surface area contributed by atoms with Gasteiger partial charge < -0.3 is 15.0 Å². The van der Waals surface area contributed by atoms with Crippen molar-refractivity contribution in [2.75, 3.05) is 19.0 Å². The summed E-state index contributed by atoms with van der Waals surface area (Å²) in [5, 5.41) is 3.22. The molecule has 1 N–H and O–H groups in total. The molecule has 0 fully saturated rings. The Hall–Kier alpha value is -2.63. The largest absolute Gasteiger partial charge is 0.474 e. The molecule has 0 aliphatic carbocycles. The summed E-state index contributed by atoms with van der Waals surface area (Å²) in [6.45, 7) is 8.64. The van der Waals surface area contributed by atoms with Crippen LogP contribution in [0.15, 0.2) is 30.6 Å². The van der Waals surface area contributed by atoms with Crippen molar-refractivity contribution in [1.29, 1.82) is 0 Å². The van der Waals surface area contributed by atoms with E-state index in [2.05, 4.69) is 52.2 Å². The minimum absolute atomic E-state index is 0.0217. The number of fused-ring (bicyclic) bond motifs is 1. The molecule has 1 aliphatic rings. The number of anilines is 1. The Labute approximate surface area is 173 Å². The number of unbranched alkanes of at least 4 members (excludes halogenated alkanes) is 1. The molecule has 0 saturated carbocycles. The molecular formula is C23H31FN4O. The van der Waals surface area contributed by atoms with Gasteiger partial charge in [-0.15, -0.1) is 0 Å². The molecule has 3 rings (SSSR count). The lowest BCUT2D eigenvalue weighted by atomic mass is 10.1. The lowest BCUT2D eigenvalue weighted by Gasteiger charge is -2.29. The molecule has 1 aliphatic heterocycles. The molecule has 0 amide bonds. The molecule has 6 heteroatoms. The second-order valence-corrected chi connectivity index (χ2v) is 7.60. The number of rotatable bonds is 8. The monoisotopic (exact) mass is 398 g/mol. The fourth-order valence-corrected chi connectivity index (χ4v) is 3.71. The molecular weight excluding hydrogens is 367 g/mol. The van der Waals surface area contributed by atoms with E-state index < -0.39 is 6.17 Å². The Kier molecular flexibility index (Phi) is 6.72. The van der Waals surface area contributed by atoms with E-state index in [9.17, 15) is 4.39 Å². The van der Waals surface area contributed by atoms with E-state index >= 15 is 0 Å². The number of pyridine rings is 2. The average Bonchev–Trinajstić information content (AvgIpc) is 3.09. The second kappa shape index (κ2) is 9.25. The van der Waals surface area contributed by atoms with Crippen molar-refractivity contribution in [1.82, 2.24) is 14.9 Å². The average molecular weight is 399 g/mol. The van der Waals surface area contributed by atoms with Crippen LogP contribution in [0.5, 0.6) is 5.88 Å². The maximum absolute atomic E-state index is 13.1. The van der Waals surface area contributed by atoms with Gasteiger partial charge in [-0.25, -0.2) is 14.4 Å². The number of hydrogen-bond donors (Lipinski definition) is 1. The number of nitrogens with one attached hydrogen (secondary N) is 1. The summed E-state index contributed by atoms with van der Waals surface area (Å²) in [5.74, 6) is 1.43. The number of alkyl halides is 1. The van der Waals surface area contributed by atoms with Gasteiger partial charge in [0.25, 0.3) is 0 Å². The Bertz CT molecular complexity index is 881. The van der Waals surface area contributed by atoms with Crippen LogP contribution in [0.2, 0.25) is 0 Å². The van der Waals surface area contributed by atoms with Crippen LogP contribution in [0.4, 0.5) is 10.2 Å². The van der Waals surface area contributed by atoms with E-state index in [1.165, 1.54) is 23.7 Å². The van der Waals surface area contributed by atoms with Gasteiger partial charge in [0.05, 0.1) is 6.04 Å². The molecule has 5 nitrogen and oxygen atoms in total. The predicted octanol–water partition coefficient (Wildman–Crippen LogP) is 5.28. The zero-order valence-corrected chi connectivity index (χ0v) is 18.0. The topological polar surface area (TPSA) is 50.3 Å². The van der Waals surface area contributed by atoms with Crippen molar-refractivity contribution in [2.45, 2.75) is 59.3 Å². The summed E-state index contributed by atoms with van der Waals surface area (Å²) in [6, 6.07) is 4.33. The maximum atomic E-state index is 13.1. The molecule has 0 spiro atoms. The van der Waals surface area contributed by atoms with Crippen LogP contribution in [0.25, 0.3) is 5.70 Å². The van der Waals surface area contributed by atoms with Gasteiger partial charge >= 0.3 is 0 Å². The molecule has 0 aromatic carbocycles. The second-order valence-electron chi connectivity index (χ2n) is 7.60. The first-order valence-corrected chi connectivity index (χ1v) is 10.3. The lowest BCUT2D eigenvalue weighted by Crippen LogP contribution is -2.21. The lowest BCUT2D eigenvalue weighted by molar-refractivity contribution is 0.202. The Morgan fingerprint density at radius 1 is 1.34 bits per heavy atom. The number of halogens is 1. The van der Waals surface area contributed by atoms with Gasteiger partial charge in [0.2, 0.25) is 5.88 Å². The van der Waals surface area contributed by atoms with E-state index in [1.54, 1.807) is 0 Å². The maximum Gasteiger partial charge on any atom is 0.216 e. The highest BCUT2D eigenvalue weighted by atomic mass is 19.1. The Balaban J connectivity index is 1.89. The molecule has 0 saturated heterocycles. The van der Waals surface area contributed by atoms with Gasteiger partial charge in [-0.2, -0.15) is 0 Å². The predicted molar refractivity (Wildman–Crippen MR) is 116 cm³/mol. The van der Waals surface area contributed by atoms with Gasteiger partial charge in [-0.3, -0.25) is 0 Å². The van der Waals surface area contributed by atoms with E-state index in [1.807, 2.05) is 26.4 Å². The van der Waals surface area contributed by atoms with Crippen molar-refractivity contribution in [3.05, 3.63) is 52.9 Å². The first-order valence-electron chi connectivity index (χ1n) is 10.3. The summed E-state index contributed by atoms with van der Waals surface area (Å²) in [4.78, 5) is 11.3. The van der Waals surface area contributed by atoms with Crippen molar-refractivity contribution >= 4 is 11.5 Å². The van der Waals surface area contributed by atoms with E-state index in [-0.39, 0.29) is 12.6 Å². The van der Waals surface area contributed by atoms with Crippen LogP contribution in [-0.4, -0.2) is 34.7 Å². The molecule has 0 bridgehead atoms. The zero-order chi connectivity index (χ0) is 21.0. The summed E-state index contributed by atoms with van der Waals surface area (Å²) in [7, 11) is 1.91. The molecule has 29 heavy (non-hydrogen) atoms. The Morgan fingerprint density at radius 3 is 2.79 bits per heavy atom. The number of hydrogen-bond acceptors (Lipinski definition) is 5. The molecule has 2 atom stereocenters. The Morgan fingerprint density at radius 2 is 2.14 bits per heavy atom. The van der Waals surface area contributed by atoms with Gasteiger partial charge in [0.1, 0.15) is 18.6 Å². The highest BCUT2D eigenvalue weighted by Crippen LogP contribution is 2.41. The van der Waals surface area contributed by atoms with Crippen molar-refractivity contribution in [3.8, 4) is 5.88 Å². The third-order valence-corrected chi connectivity index (χ3v) is 5.28. The molecule has 2 unspecified atom stereocenters. The zero-order valence-electron chi connectivity index (χ0n) is 18.0. The molecule has 156 valence electrons. The highest BCUT2D eigenvalue weighted by molar-refractivity contribution is 5.75. The summed E-state index contributed by atoms with van der Waals surface area (Å²) >= 11 is 0. The molecule has 3 heterocycles. The van der Waals surface area contributed by atoms with Crippen LogP contribution in [0.1, 0.15) is 61.9 Å². The minimum atomic E-state index is -1.01. The van der Waals surface area contributed by atoms with Crippen LogP contribution in [0.3, 0.4) is 0 Å². The quantitative estimate of drug-likeness (QED) is 0.655. The van der Waals surface area contributed by atoms with Crippen molar-refractivity contribution in [2.24, 2.45) is 0 Å². The number of aromatic nitrogens is 2. The van der Waals surface area contributed by atoms with E-state index in [4.69, 9.17) is 4.74 Å². The number of allylic oxidation sites excluding steroid dienone is 1. The van der Waals surface area contributed by atoms with Gasteiger partial charge in [-0.1, -0.05) is 19.4 Å². The smallest absolute Gasteiger partial charge is 0.216 e. The van der Waals surface area contributed by atoms with Gasteiger partial charge in [0.15, 0.2) is 0 Å². The third kappa shape index (κ3) is 4.52. The molecule has 2 aromatic heterocycles. The van der Waals surface area contributed by atoms with Crippen molar-refractivity contribution < 1.29 is 9.13 Å². The number of ether oxygens (including phenoxy) is 1. The normalized spacial score (nSPS) is 16.6. The van der Waals surface area contributed by atoms with Crippen LogP contribution >= 0.6 is 0 Å². The minimum Gasteiger partial charge on any atom is -0.474 e. The van der Waals surface area contributed by atoms with E-state index in [0.29, 0.717) is 5.88 Å². The fraction of sp³-hybridized carbons (Fsp3) is 0.478. The van der Waals surface area contributed by atoms with Gasteiger partial charge in [-0.05, 0) is 44.9 Å². The van der Waals surface area contributed by atoms with Crippen LogP contribution in [0, 0.1) is 6.92 Å². The highest BCUT2D eigenvalue weighted by Gasteiger charge is 2.30. The summed E-state index contributed by atoms with van der Waals surface area (Å²) < 4.78 is 18.6. The molecule has 2 aromatic rings. The number of aryl methyl sites for hydroxylation is 1. The van der Waals surface area contributed by atoms with E-state index in [0.717, 1.165) is 36.3 Å². The molecule has 0 radical (unpaired) electrons.